The van der Waals surface area contributed by atoms with Gasteiger partial charge in [-0.2, -0.15) is 0 Å². The van der Waals surface area contributed by atoms with Crippen LogP contribution in [-0.4, -0.2) is 17.7 Å². The van der Waals surface area contributed by atoms with Crippen LogP contribution in [-0.2, 0) is 0 Å². The van der Waals surface area contributed by atoms with E-state index < -0.39 is 6.10 Å². The van der Waals surface area contributed by atoms with Crippen LogP contribution < -0.4 is 4.90 Å². The number of rotatable bonds is 7. The van der Waals surface area contributed by atoms with Gasteiger partial charge in [0.25, 0.3) is 0 Å². The number of aliphatic hydroxyl groups is 1. The maximum absolute atomic E-state index is 14.4. The summed E-state index contributed by atoms with van der Waals surface area (Å²) in [6.07, 6.45) is 1.28. The topological polar surface area (TPSA) is 23.5 Å². The van der Waals surface area contributed by atoms with Gasteiger partial charge in [0, 0.05) is 18.2 Å². The summed E-state index contributed by atoms with van der Waals surface area (Å²) in [6, 6.07) is 5.27. The van der Waals surface area contributed by atoms with Crippen LogP contribution in [0.1, 0.15) is 59.1 Å². The molecule has 0 saturated carbocycles. The van der Waals surface area contributed by atoms with Gasteiger partial charge in [0.2, 0.25) is 0 Å². The van der Waals surface area contributed by atoms with Gasteiger partial charge in [-0.1, -0.05) is 39.8 Å². The fourth-order valence-corrected chi connectivity index (χ4v) is 2.72. The van der Waals surface area contributed by atoms with Crippen molar-refractivity contribution < 1.29 is 9.50 Å². The molecular weight excluding hydrogens is 253 g/mol. The van der Waals surface area contributed by atoms with Gasteiger partial charge in [-0.25, -0.2) is 4.39 Å². The lowest BCUT2D eigenvalue weighted by molar-refractivity contribution is 0.199. The Kier molecular flexibility index (Phi) is 6.47. The molecule has 0 radical (unpaired) electrons. The average molecular weight is 281 g/mol. The van der Waals surface area contributed by atoms with Crippen LogP contribution in [0.15, 0.2) is 18.2 Å². The van der Waals surface area contributed by atoms with Crippen LogP contribution in [0.25, 0.3) is 0 Å². The van der Waals surface area contributed by atoms with Crippen LogP contribution in [0.3, 0.4) is 0 Å². The van der Waals surface area contributed by atoms with E-state index in [2.05, 4.69) is 32.6 Å². The summed E-state index contributed by atoms with van der Waals surface area (Å²) in [5.74, 6) is 0.202. The Labute approximate surface area is 122 Å². The van der Waals surface area contributed by atoms with Gasteiger partial charge in [0.05, 0.1) is 11.8 Å². The van der Waals surface area contributed by atoms with Crippen LogP contribution in [0, 0.1) is 11.7 Å². The van der Waals surface area contributed by atoms with E-state index in [1.807, 2.05) is 6.07 Å². The number of hydrogen-bond acceptors (Lipinski definition) is 2. The van der Waals surface area contributed by atoms with Crippen molar-refractivity contribution in [3.05, 3.63) is 29.6 Å². The Bertz CT molecular complexity index is 413. The third-order valence-electron chi connectivity index (χ3n) is 3.70. The summed E-state index contributed by atoms with van der Waals surface area (Å²) < 4.78 is 14.4. The molecule has 0 amide bonds. The molecule has 0 aliphatic carbocycles. The van der Waals surface area contributed by atoms with Crippen molar-refractivity contribution in [1.82, 2.24) is 0 Å². The second-order valence-corrected chi connectivity index (χ2v) is 5.87. The highest BCUT2D eigenvalue weighted by molar-refractivity contribution is 5.56. The molecule has 1 atom stereocenters. The van der Waals surface area contributed by atoms with Crippen LogP contribution in [0.5, 0.6) is 0 Å². The number of hydrogen-bond donors (Lipinski definition) is 1. The molecule has 0 aromatic heterocycles. The number of anilines is 1. The SMILES string of the molecule is CCC(CC)N(CC(C)C)c1c(F)cccc1[C@H](C)O. The van der Waals surface area contributed by atoms with Crippen molar-refractivity contribution in [2.45, 2.75) is 59.6 Å². The van der Waals surface area contributed by atoms with Crippen molar-refractivity contribution in [2.24, 2.45) is 5.92 Å². The van der Waals surface area contributed by atoms with Crippen molar-refractivity contribution in [3.8, 4) is 0 Å². The first-order valence-corrected chi connectivity index (χ1v) is 7.65. The van der Waals surface area contributed by atoms with E-state index in [9.17, 15) is 9.50 Å². The molecular formula is C17H28FNO. The Morgan fingerprint density at radius 1 is 1.15 bits per heavy atom. The minimum absolute atomic E-state index is 0.240. The number of halogens is 1. The fourth-order valence-electron chi connectivity index (χ4n) is 2.72. The van der Waals surface area contributed by atoms with Crippen molar-refractivity contribution in [3.63, 3.8) is 0 Å². The molecule has 0 bridgehead atoms. The molecule has 0 aliphatic rings. The lowest BCUT2D eigenvalue weighted by Crippen LogP contribution is -2.38. The maximum atomic E-state index is 14.4. The molecule has 3 heteroatoms. The van der Waals surface area contributed by atoms with E-state index in [0.29, 0.717) is 23.2 Å². The highest BCUT2D eigenvalue weighted by atomic mass is 19.1. The zero-order valence-corrected chi connectivity index (χ0v) is 13.4. The summed E-state index contributed by atoms with van der Waals surface area (Å²) >= 11 is 0. The molecule has 0 fully saturated rings. The summed E-state index contributed by atoms with van der Waals surface area (Å²) in [5.41, 5.74) is 1.25. The van der Waals surface area contributed by atoms with E-state index in [-0.39, 0.29) is 5.82 Å². The molecule has 2 nitrogen and oxygen atoms in total. The van der Waals surface area contributed by atoms with Gasteiger partial charge >= 0.3 is 0 Å². The minimum Gasteiger partial charge on any atom is -0.389 e. The molecule has 1 aromatic carbocycles. The van der Waals surface area contributed by atoms with E-state index in [1.54, 1.807) is 13.0 Å². The first-order valence-electron chi connectivity index (χ1n) is 7.65. The third-order valence-corrected chi connectivity index (χ3v) is 3.70. The predicted octanol–water partition coefficient (Wildman–Crippen LogP) is 4.53. The van der Waals surface area contributed by atoms with Gasteiger partial charge in [0.15, 0.2) is 0 Å². The zero-order valence-electron chi connectivity index (χ0n) is 13.4. The molecule has 1 N–H and O–H groups in total. The quantitative estimate of drug-likeness (QED) is 0.793. The lowest BCUT2D eigenvalue weighted by atomic mass is 10.0. The number of benzene rings is 1. The van der Waals surface area contributed by atoms with Gasteiger partial charge in [-0.3, -0.25) is 0 Å². The normalized spacial score (nSPS) is 13.1. The van der Waals surface area contributed by atoms with E-state index in [1.165, 1.54) is 6.07 Å². The Morgan fingerprint density at radius 2 is 1.75 bits per heavy atom. The second-order valence-electron chi connectivity index (χ2n) is 5.87. The molecule has 114 valence electrons. The molecule has 1 aromatic rings. The number of aliphatic hydroxyl groups excluding tert-OH is 1. The van der Waals surface area contributed by atoms with Crippen molar-refractivity contribution in [1.29, 1.82) is 0 Å². The smallest absolute Gasteiger partial charge is 0.146 e. The molecule has 0 unspecified atom stereocenters. The van der Waals surface area contributed by atoms with Gasteiger partial charge < -0.3 is 10.0 Å². The molecule has 20 heavy (non-hydrogen) atoms. The maximum Gasteiger partial charge on any atom is 0.146 e. The molecule has 0 aliphatic heterocycles. The number of nitrogens with zero attached hydrogens (tertiary/aromatic N) is 1. The lowest BCUT2D eigenvalue weighted by Gasteiger charge is -2.36. The van der Waals surface area contributed by atoms with Gasteiger partial charge in [-0.05, 0) is 31.7 Å². The standard InChI is InChI=1S/C17H28FNO/c1-6-14(7-2)19(11-12(3)4)17-15(13(5)20)9-8-10-16(17)18/h8-10,12-14,20H,6-7,11H2,1-5H3/t13-/m0/s1. The van der Waals surface area contributed by atoms with E-state index in [0.717, 1.165) is 19.4 Å². The largest absolute Gasteiger partial charge is 0.389 e. The van der Waals surface area contributed by atoms with Gasteiger partial charge in [0.1, 0.15) is 5.82 Å². The first kappa shape index (κ1) is 17.0. The molecule has 0 heterocycles. The zero-order chi connectivity index (χ0) is 15.3. The predicted molar refractivity (Wildman–Crippen MR) is 83.6 cm³/mol. The van der Waals surface area contributed by atoms with Crippen LogP contribution >= 0.6 is 0 Å². The summed E-state index contributed by atoms with van der Waals surface area (Å²) in [4.78, 5) is 2.14. The van der Waals surface area contributed by atoms with Crippen LogP contribution in [0.2, 0.25) is 0 Å². The highest BCUT2D eigenvalue weighted by Gasteiger charge is 2.24. The van der Waals surface area contributed by atoms with Gasteiger partial charge in [-0.15, -0.1) is 0 Å². The van der Waals surface area contributed by atoms with Crippen molar-refractivity contribution in [2.75, 3.05) is 11.4 Å². The first-order chi connectivity index (χ1) is 9.42. The van der Waals surface area contributed by atoms with Crippen LogP contribution in [0.4, 0.5) is 10.1 Å². The minimum atomic E-state index is -0.662. The monoisotopic (exact) mass is 281 g/mol. The molecule has 0 spiro atoms. The fraction of sp³-hybridized carbons (Fsp3) is 0.647. The summed E-state index contributed by atoms with van der Waals surface area (Å²) in [7, 11) is 0. The van der Waals surface area contributed by atoms with E-state index >= 15 is 0 Å². The number of para-hydroxylation sites is 1. The highest BCUT2D eigenvalue weighted by Crippen LogP contribution is 2.32. The van der Waals surface area contributed by atoms with Crippen molar-refractivity contribution >= 4 is 5.69 Å². The molecule has 1 rings (SSSR count). The Hall–Kier alpha value is -1.09. The third kappa shape index (κ3) is 3.95. The summed E-state index contributed by atoms with van der Waals surface area (Å²) in [5, 5.41) is 9.95. The summed E-state index contributed by atoms with van der Waals surface area (Å²) in [6.45, 7) is 11.0. The van der Waals surface area contributed by atoms with E-state index in [4.69, 9.17) is 0 Å². The second kappa shape index (κ2) is 7.63. The Balaban J connectivity index is 3.32. The Morgan fingerprint density at radius 3 is 2.20 bits per heavy atom. The molecule has 0 saturated heterocycles. The average Bonchev–Trinajstić information content (AvgIpc) is 2.38.